The Morgan fingerprint density at radius 3 is 2.87 bits per heavy atom. The lowest BCUT2D eigenvalue weighted by Gasteiger charge is -2.11. The molecule has 0 aromatic heterocycles. The standard InChI is InChI=1S/C12H13ClO2/c1-2-4-10-5-3-6-11(9-14)12(10)15-8-7-13/h2-3,5-6,9H,1,4,7-8H2. The summed E-state index contributed by atoms with van der Waals surface area (Å²) in [5, 5.41) is 0. The molecular formula is C12H13ClO2. The number of allylic oxidation sites excluding steroid dienone is 1. The fourth-order valence-corrected chi connectivity index (χ4v) is 1.41. The van der Waals surface area contributed by atoms with Crippen molar-refractivity contribution in [3.8, 4) is 5.75 Å². The zero-order valence-electron chi connectivity index (χ0n) is 8.41. The molecule has 3 heteroatoms. The quantitative estimate of drug-likeness (QED) is 0.422. The highest BCUT2D eigenvalue weighted by molar-refractivity contribution is 6.18. The first-order valence-corrected chi connectivity index (χ1v) is 5.23. The van der Waals surface area contributed by atoms with Crippen LogP contribution >= 0.6 is 11.6 Å². The van der Waals surface area contributed by atoms with E-state index in [-0.39, 0.29) is 0 Å². The van der Waals surface area contributed by atoms with Crippen LogP contribution < -0.4 is 4.74 Å². The smallest absolute Gasteiger partial charge is 0.153 e. The third-order valence-corrected chi connectivity index (χ3v) is 2.10. The molecule has 80 valence electrons. The first-order valence-electron chi connectivity index (χ1n) is 4.70. The Morgan fingerprint density at radius 1 is 1.47 bits per heavy atom. The molecular weight excluding hydrogens is 212 g/mol. The number of rotatable bonds is 6. The zero-order valence-corrected chi connectivity index (χ0v) is 9.17. The van der Waals surface area contributed by atoms with Crippen LogP contribution in [0.2, 0.25) is 0 Å². The van der Waals surface area contributed by atoms with Crippen LogP contribution in [-0.4, -0.2) is 18.8 Å². The molecule has 0 bridgehead atoms. The molecule has 2 nitrogen and oxygen atoms in total. The highest BCUT2D eigenvalue weighted by Gasteiger charge is 2.07. The maximum Gasteiger partial charge on any atom is 0.153 e. The van der Waals surface area contributed by atoms with E-state index in [1.807, 2.05) is 12.1 Å². The topological polar surface area (TPSA) is 26.3 Å². The summed E-state index contributed by atoms with van der Waals surface area (Å²) in [6.07, 6.45) is 3.24. The molecule has 0 heterocycles. The highest BCUT2D eigenvalue weighted by atomic mass is 35.5. The maximum absolute atomic E-state index is 10.8. The van der Waals surface area contributed by atoms with Gasteiger partial charge in [-0.25, -0.2) is 0 Å². The molecule has 0 atom stereocenters. The average molecular weight is 225 g/mol. The Bertz CT molecular complexity index is 347. The zero-order chi connectivity index (χ0) is 11.1. The second-order valence-corrected chi connectivity index (χ2v) is 3.36. The van der Waals surface area contributed by atoms with Gasteiger partial charge in [-0.2, -0.15) is 0 Å². The van der Waals surface area contributed by atoms with E-state index in [4.69, 9.17) is 16.3 Å². The van der Waals surface area contributed by atoms with E-state index >= 15 is 0 Å². The van der Waals surface area contributed by atoms with Gasteiger partial charge in [0, 0.05) is 0 Å². The molecule has 0 unspecified atom stereocenters. The highest BCUT2D eigenvalue weighted by Crippen LogP contribution is 2.23. The first-order chi connectivity index (χ1) is 7.33. The van der Waals surface area contributed by atoms with E-state index in [0.29, 0.717) is 30.2 Å². The largest absolute Gasteiger partial charge is 0.491 e. The summed E-state index contributed by atoms with van der Waals surface area (Å²) in [6, 6.07) is 5.47. The minimum Gasteiger partial charge on any atom is -0.491 e. The molecule has 0 spiro atoms. The van der Waals surface area contributed by atoms with E-state index in [0.717, 1.165) is 11.8 Å². The van der Waals surface area contributed by atoms with Gasteiger partial charge in [0.2, 0.25) is 0 Å². The van der Waals surface area contributed by atoms with Gasteiger partial charge in [-0.3, -0.25) is 4.79 Å². The number of carbonyl (C=O) groups excluding carboxylic acids is 1. The number of para-hydroxylation sites is 1. The van der Waals surface area contributed by atoms with Crippen LogP contribution in [-0.2, 0) is 6.42 Å². The number of carbonyl (C=O) groups is 1. The van der Waals surface area contributed by atoms with Crippen LogP contribution in [0.4, 0.5) is 0 Å². The van der Waals surface area contributed by atoms with Gasteiger partial charge in [-0.05, 0) is 18.1 Å². The summed E-state index contributed by atoms with van der Waals surface area (Å²) in [6.45, 7) is 4.06. The Balaban J connectivity index is 3.02. The van der Waals surface area contributed by atoms with Gasteiger partial charge < -0.3 is 4.74 Å². The first kappa shape index (κ1) is 11.8. The van der Waals surface area contributed by atoms with Crippen molar-refractivity contribution in [3.05, 3.63) is 42.0 Å². The summed E-state index contributed by atoms with van der Waals surface area (Å²) < 4.78 is 5.45. The Kier molecular flexibility index (Phi) is 4.91. The molecule has 15 heavy (non-hydrogen) atoms. The molecule has 0 N–H and O–H groups in total. The average Bonchev–Trinajstić information content (AvgIpc) is 2.27. The number of alkyl halides is 1. The number of halogens is 1. The van der Waals surface area contributed by atoms with Crippen molar-refractivity contribution in [2.24, 2.45) is 0 Å². The van der Waals surface area contributed by atoms with Gasteiger partial charge in [-0.15, -0.1) is 18.2 Å². The third kappa shape index (κ3) is 3.10. The van der Waals surface area contributed by atoms with Gasteiger partial charge in [-0.1, -0.05) is 18.2 Å². The molecule has 0 aliphatic carbocycles. The molecule has 1 aromatic rings. The van der Waals surface area contributed by atoms with E-state index in [1.165, 1.54) is 0 Å². The number of ether oxygens (including phenoxy) is 1. The van der Waals surface area contributed by atoms with E-state index in [2.05, 4.69) is 6.58 Å². The van der Waals surface area contributed by atoms with Crippen LogP contribution in [0.25, 0.3) is 0 Å². The summed E-state index contributed by atoms with van der Waals surface area (Å²) in [4.78, 5) is 10.8. The van der Waals surface area contributed by atoms with Gasteiger partial charge in [0.15, 0.2) is 6.29 Å². The van der Waals surface area contributed by atoms with Crippen molar-refractivity contribution in [3.63, 3.8) is 0 Å². The van der Waals surface area contributed by atoms with Gasteiger partial charge in [0.25, 0.3) is 0 Å². The van der Waals surface area contributed by atoms with Crippen molar-refractivity contribution in [2.75, 3.05) is 12.5 Å². The lowest BCUT2D eigenvalue weighted by Crippen LogP contribution is -2.03. The van der Waals surface area contributed by atoms with E-state index in [9.17, 15) is 4.79 Å². The minimum absolute atomic E-state index is 0.399. The molecule has 0 saturated heterocycles. The van der Waals surface area contributed by atoms with Gasteiger partial charge in [0.05, 0.1) is 11.4 Å². The van der Waals surface area contributed by atoms with Crippen LogP contribution in [0.1, 0.15) is 15.9 Å². The van der Waals surface area contributed by atoms with Crippen molar-refractivity contribution in [2.45, 2.75) is 6.42 Å². The Labute approximate surface area is 94.5 Å². The number of benzene rings is 1. The predicted molar refractivity (Wildman–Crippen MR) is 61.9 cm³/mol. The number of hydrogen-bond acceptors (Lipinski definition) is 2. The molecule has 1 aromatic carbocycles. The molecule has 0 aliphatic rings. The Hall–Kier alpha value is -1.28. The molecule has 0 amide bonds. The second kappa shape index (κ2) is 6.25. The van der Waals surface area contributed by atoms with E-state index < -0.39 is 0 Å². The van der Waals surface area contributed by atoms with Crippen LogP contribution in [0, 0.1) is 0 Å². The molecule has 0 radical (unpaired) electrons. The van der Waals surface area contributed by atoms with Crippen molar-refractivity contribution < 1.29 is 9.53 Å². The number of aldehydes is 1. The normalized spacial score (nSPS) is 9.67. The monoisotopic (exact) mass is 224 g/mol. The second-order valence-electron chi connectivity index (χ2n) is 2.98. The minimum atomic E-state index is 0.399. The SMILES string of the molecule is C=CCc1cccc(C=O)c1OCCCl. The van der Waals surface area contributed by atoms with E-state index in [1.54, 1.807) is 12.1 Å². The van der Waals surface area contributed by atoms with Crippen molar-refractivity contribution in [1.82, 2.24) is 0 Å². The molecule has 0 aliphatic heterocycles. The lowest BCUT2D eigenvalue weighted by atomic mass is 10.1. The van der Waals surface area contributed by atoms with Gasteiger partial charge >= 0.3 is 0 Å². The molecule has 0 fully saturated rings. The van der Waals surface area contributed by atoms with Gasteiger partial charge in [0.1, 0.15) is 12.4 Å². The van der Waals surface area contributed by atoms with Crippen molar-refractivity contribution >= 4 is 17.9 Å². The fraction of sp³-hybridized carbons (Fsp3) is 0.250. The summed E-state index contributed by atoms with van der Waals surface area (Å²) in [5.74, 6) is 1.02. The van der Waals surface area contributed by atoms with Crippen LogP contribution in [0.5, 0.6) is 5.75 Å². The fourth-order valence-electron chi connectivity index (χ4n) is 1.33. The van der Waals surface area contributed by atoms with Crippen LogP contribution in [0.3, 0.4) is 0 Å². The summed E-state index contributed by atoms with van der Waals surface area (Å²) in [7, 11) is 0. The molecule has 1 rings (SSSR count). The summed E-state index contributed by atoms with van der Waals surface area (Å²) in [5.41, 5.74) is 1.51. The lowest BCUT2D eigenvalue weighted by molar-refractivity contribution is 0.111. The summed E-state index contributed by atoms with van der Waals surface area (Å²) >= 11 is 5.54. The predicted octanol–water partition coefficient (Wildman–Crippen LogP) is 2.85. The van der Waals surface area contributed by atoms with Crippen molar-refractivity contribution in [1.29, 1.82) is 0 Å². The molecule has 0 saturated carbocycles. The third-order valence-electron chi connectivity index (χ3n) is 1.94. The van der Waals surface area contributed by atoms with Crippen LogP contribution in [0.15, 0.2) is 30.9 Å². The Morgan fingerprint density at radius 2 is 2.27 bits per heavy atom. The number of hydrogen-bond donors (Lipinski definition) is 0. The maximum atomic E-state index is 10.8.